The van der Waals surface area contributed by atoms with Crippen molar-refractivity contribution in [3.63, 3.8) is 0 Å². The van der Waals surface area contributed by atoms with Gasteiger partial charge in [0.1, 0.15) is 5.57 Å². The van der Waals surface area contributed by atoms with Crippen molar-refractivity contribution in [2.75, 3.05) is 4.90 Å². The number of nitrogens with one attached hydrogen (secondary N) is 1. The van der Waals surface area contributed by atoms with Crippen LogP contribution in [0, 0.1) is 13.8 Å². The zero-order valence-electron chi connectivity index (χ0n) is 20.1. The average Bonchev–Trinajstić information content (AvgIpc) is 3.31. The van der Waals surface area contributed by atoms with Crippen LogP contribution in [0.15, 0.2) is 77.9 Å². The molecule has 2 amide bonds. The molecule has 1 N–H and O–H groups in total. The fraction of sp³-hybridized carbons (Fsp3) is 0.143. The predicted molar refractivity (Wildman–Crippen MR) is 139 cm³/mol. The lowest BCUT2D eigenvalue weighted by atomic mass is 10.0. The zero-order valence-corrected chi connectivity index (χ0v) is 20.8. The molecule has 36 heavy (non-hydrogen) atoms. The van der Waals surface area contributed by atoms with Gasteiger partial charge in [-0.25, -0.2) is 9.58 Å². The van der Waals surface area contributed by atoms with Gasteiger partial charge in [0.15, 0.2) is 12.4 Å². The van der Waals surface area contributed by atoms with Gasteiger partial charge in [0.2, 0.25) is 0 Å². The number of aromatic nitrogens is 3. The highest BCUT2D eigenvalue weighted by Gasteiger charge is 2.48. The van der Waals surface area contributed by atoms with Crippen LogP contribution in [0.5, 0.6) is 0 Å². The lowest BCUT2D eigenvalue weighted by molar-refractivity contribution is -0.577. The van der Waals surface area contributed by atoms with Gasteiger partial charge in [0, 0.05) is 21.8 Å². The van der Waals surface area contributed by atoms with Gasteiger partial charge in [-0.1, -0.05) is 42.8 Å². The number of carbonyl (C=O) groups is 2. The standard InChI is InChI=1S/C28H23ClN4O3/c1-4-22-23(27(35)33(30-22)20-10-6-5-7-11-20)24-25(31-15-17(2)13-18(3)16-31)28(36)32(26(24)34)21-12-8-9-19(29)14-21/h5-16H,4H2,1-3H3/p+1. The van der Waals surface area contributed by atoms with E-state index in [-0.39, 0.29) is 16.8 Å². The number of nitrogens with zero attached hydrogens (tertiary/aromatic N) is 3. The Balaban J connectivity index is 1.81. The molecule has 5 rings (SSSR count). The van der Waals surface area contributed by atoms with E-state index in [9.17, 15) is 14.4 Å². The van der Waals surface area contributed by atoms with Gasteiger partial charge in [-0.15, -0.1) is 0 Å². The van der Waals surface area contributed by atoms with Crippen molar-refractivity contribution >= 4 is 40.4 Å². The first-order valence-corrected chi connectivity index (χ1v) is 12.0. The zero-order chi connectivity index (χ0) is 25.6. The Bertz CT molecular complexity index is 1600. The fourth-order valence-electron chi connectivity index (χ4n) is 4.63. The van der Waals surface area contributed by atoms with E-state index in [4.69, 9.17) is 11.6 Å². The SMILES string of the molecule is CCc1[nH]n(-c2ccccc2)c(=O)c1C1=C([n+]2cc(C)cc(C)c2)C(=O)N(c2cccc(Cl)c2)C1=O. The largest absolute Gasteiger partial charge is 0.331 e. The van der Waals surface area contributed by atoms with Gasteiger partial charge >= 0.3 is 5.91 Å². The first-order chi connectivity index (χ1) is 17.3. The molecular formula is C28H24ClN4O3+. The Morgan fingerprint density at radius 1 is 0.861 bits per heavy atom. The van der Waals surface area contributed by atoms with Crippen molar-refractivity contribution in [1.29, 1.82) is 0 Å². The van der Waals surface area contributed by atoms with Crippen LogP contribution in [0.25, 0.3) is 17.0 Å². The third kappa shape index (κ3) is 3.87. The summed E-state index contributed by atoms with van der Waals surface area (Å²) in [4.78, 5) is 42.7. The van der Waals surface area contributed by atoms with Crippen molar-refractivity contribution in [2.45, 2.75) is 27.2 Å². The molecule has 0 spiro atoms. The van der Waals surface area contributed by atoms with Crippen LogP contribution < -0.4 is 15.0 Å². The molecule has 0 saturated heterocycles. The topological polar surface area (TPSA) is 79.1 Å². The van der Waals surface area contributed by atoms with E-state index in [0.717, 1.165) is 16.0 Å². The molecule has 7 nitrogen and oxygen atoms in total. The maximum atomic E-state index is 14.0. The summed E-state index contributed by atoms with van der Waals surface area (Å²) in [5, 5.41) is 3.54. The van der Waals surface area contributed by atoms with Gasteiger partial charge < -0.3 is 0 Å². The monoisotopic (exact) mass is 499 g/mol. The Hall–Kier alpha value is -4.23. The van der Waals surface area contributed by atoms with E-state index >= 15 is 0 Å². The first kappa shape index (κ1) is 23.5. The van der Waals surface area contributed by atoms with E-state index in [1.807, 2.05) is 45.0 Å². The lowest BCUT2D eigenvalue weighted by Crippen LogP contribution is -2.40. The number of carbonyl (C=O) groups excluding carboxylic acids is 2. The van der Waals surface area contributed by atoms with Crippen LogP contribution in [0.1, 0.15) is 29.3 Å². The lowest BCUT2D eigenvalue weighted by Gasteiger charge is -2.14. The van der Waals surface area contributed by atoms with Crippen LogP contribution in [0.3, 0.4) is 0 Å². The minimum atomic E-state index is -0.574. The number of halogens is 1. The number of para-hydroxylation sites is 1. The minimum absolute atomic E-state index is 0.0581. The summed E-state index contributed by atoms with van der Waals surface area (Å²) in [7, 11) is 0. The van der Waals surface area contributed by atoms with Gasteiger partial charge in [-0.05, 0) is 56.7 Å². The van der Waals surface area contributed by atoms with Crippen LogP contribution >= 0.6 is 11.6 Å². The third-order valence-electron chi connectivity index (χ3n) is 6.11. The summed E-state index contributed by atoms with van der Waals surface area (Å²) in [5.74, 6) is -1.10. The highest BCUT2D eigenvalue weighted by molar-refractivity contribution is 6.53. The molecule has 0 saturated carbocycles. The number of aromatic amines is 1. The average molecular weight is 500 g/mol. The van der Waals surface area contributed by atoms with Crippen molar-refractivity contribution < 1.29 is 14.2 Å². The predicted octanol–water partition coefficient (Wildman–Crippen LogP) is 4.23. The molecule has 8 heteroatoms. The number of benzene rings is 2. The smallest absolute Gasteiger partial charge is 0.294 e. The van der Waals surface area contributed by atoms with Crippen LogP contribution in [0.2, 0.25) is 5.02 Å². The molecule has 0 aliphatic carbocycles. The summed E-state index contributed by atoms with van der Waals surface area (Å²) in [6.45, 7) is 5.72. The molecule has 2 aromatic heterocycles. The quantitative estimate of drug-likeness (QED) is 0.330. The maximum Gasteiger partial charge on any atom is 0.331 e. The number of hydrogen-bond donors (Lipinski definition) is 1. The highest BCUT2D eigenvalue weighted by atomic mass is 35.5. The Morgan fingerprint density at radius 3 is 2.17 bits per heavy atom. The van der Waals surface area contributed by atoms with E-state index in [0.29, 0.717) is 28.5 Å². The number of aryl methyl sites for hydroxylation is 3. The molecule has 3 heterocycles. The van der Waals surface area contributed by atoms with Gasteiger partial charge in [0.05, 0.1) is 16.9 Å². The number of anilines is 1. The highest BCUT2D eigenvalue weighted by Crippen LogP contribution is 2.34. The Kier molecular flexibility index (Phi) is 5.94. The van der Waals surface area contributed by atoms with Crippen molar-refractivity contribution in [3.8, 4) is 5.69 Å². The molecule has 180 valence electrons. The van der Waals surface area contributed by atoms with E-state index in [1.54, 1.807) is 53.4 Å². The van der Waals surface area contributed by atoms with Crippen LogP contribution in [-0.4, -0.2) is 21.6 Å². The molecule has 0 radical (unpaired) electrons. The number of pyridine rings is 1. The molecule has 0 atom stereocenters. The summed E-state index contributed by atoms with van der Waals surface area (Å²) in [6, 6.07) is 17.6. The fourth-order valence-corrected chi connectivity index (χ4v) is 4.81. The molecule has 4 aromatic rings. The molecule has 0 unspecified atom stereocenters. The van der Waals surface area contributed by atoms with Gasteiger partial charge in [-0.2, -0.15) is 4.57 Å². The molecular weight excluding hydrogens is 476 g/mol. The number of imide groups is 1. The minimum Gasteiger partial charge on any atom is -0.294 e. The Morgan fingerprint density at radius 2 is 1.53 bits per heavy atom. The molecule has 2 aromatic carbocycles. The summed E-state index contributed by atoms with van der Waals surface area (Å²) in [6.07, 6.45) is 4.02. The number of rotatable bonds is 5. The molecule has 0 bridgehead atoms. The number of amides is 2. The van der Waals surface area contributed by atoms with Gasteiger partial charge in [0.25, 0.3) is 17.2 Å². The maximum absolute atomic E-state index is 14.0. The summed E-state index contributed by atoms with van der Waals surface area (Å²) < 4.78 is 3.05. The summed E-state index contributed by atoms with van der Waals surface area (Å²) >= 11 is 6.18. The second-order valence-corrected chi connectivity index (χ2v) is 9.18. The van der Waals surface area contributed by atoms with E-state index < -0.39 is 17.4 Å². The normalized spacial score (nSPS) is 13.7. The second kappa shape index (κ2) is 9.09. The molecule has 0 fully saturated rings. The van der Waals surface area contributed by atoms with Crippen LogP contribution in [-0.2, 0) is 16.0 Å². The van der Waals surface area contributed by atoms with E-state index in [1.165, 1.54) is 4.68 Å². The number of H-pyrrole nitrogens is 1. The second-order valence-electron chi connectivity index (χ2n) is 8.74. The third-order valence-corrected chi connectivity index (χ3v) is 6.34. The van der Waals surface area contributed by atoms with Crippen LogP contribution in [0.4, 0.5) is 5.69 Å². The molecule has 1 aliphatic heterocycles. The number of hydrogen-bond acceptors (Lipinski definition) is 3. The molecule has 1 aliphatic rings. The van der Waals surface area contributed by atoms with Crippen molar-refractivity contribution in [3.05, 3.63) is 111 Å². The summed E-state index contributed by atoms with van der Waals surface area (Å²) in [5.41, 5.74) is 3.33. The van der Waals surface area contributed by atoms with Crippen molar-refractivity contribution in [2.24, 2.45) is 0 Å². The van der Waals surface area contributed by atoms with Crippen molar-refractivity contribution in [1.82, 2.24) is 9.78 Å². The first-order valence-electron chi connectivity index (χ1n) is 11.6. The van der Waals surface area contributed by atoms with E-state index in [2.05, 4.69) is 5.10 Å². The Labute approximate surface area is 212 Å². The van der Waals surface area contributed by atoms with Gasteiger partial charge in [-0.3, -0.25) is 19.5 Å².